The molecule has 0 radical (unpaired) electrons. The van der Waals surface area contributed by atoms with E-state index in [1.807, 2.05) is 63.2 Å². The standard InChI is InChI=1S/C26H31ClN2O4S/c1-4-20(2)29(34(31,32)25-14-11-23(27)12-15-25)19-26(30)28(18-24-13-10-21(3)33-24)17-16-22-8-6-5-7-9-22/h5-15,20H,4,16-19H2,1-3H3. The Kier molecular flexibility index (Phi) is 8.94. The molecule has 1 amide bonds. The van der Waals surface area contributed by atoms with Gasteiger partial charge in [0, 0.05) is 17.6 Å². The molecule has 0 spiro atoms. The van der Waals surface area contributed by atoms with E-state index in [4.69, 9.17) is 16.0 Å². The summed E-state index contributed by atoms with van der Waals surface area (Å²) in [4.78, 5) is 15.3. The zero-order valence-corrected chi connectivity index (χ0v) is 21.3. The average Bonchev–Trinajstić information content (AvgIpc) is 3.24. The van der Waals surface area contributed by atoms with E-state index >= 15 is 0 Å². The molecular weight excluding hydrogens is 472 g/mol. The smallest absolute Gasteiger partial charge is 0.243 e. The van der Waals surface area contributed by atoms with Crippen LogP contribution in [0.5, 0.6) is 0 Å². The maximum absolute atomic E-state index is 13.5. The molecule has 1 aromatic heterocycles. The van der Waals surface area contributed by atoms with Gasteiger partial charge < -0.3 is 9.32 Å². The van der Waals surface area contributed by atoms with Crippen molar-refractivity contribution in [1.82, 2.24) is 9.21 Å². The van der Waals surface area contributed by atoms with E-state index in [1.54, 1.807) is 4.90 Å². The third-order valence-corrected chi connectivity index (χ3v) is 8.03. The van der Waals surface area contributed by atoms with E-state index in [-0.39, 0.29) is 29.9 Å². The Morgan fingerprint density at radius 3 is 2.29 bits per heavy atom. The highest BCUT2D eigenvalue weighted by Crippen LogP contribution is 2.22. The maximum Gasteiger partial charge on any atom is 0.243 e. The average molecular weight is 503 g/mol. The van der Waals surface area contributed by atoms with Gasteiger partial charge in [-0.15, -0.1) is 0 Å². The molecule has 0 fully saturated rings. The summed E-state index contributed by atoms with van der Waals surface area (Å²) >= 11 is 5.94. The first kappa shape index (κ1) is 26.0. The molecular formula is C26H31ClN2O4S. The monoisotopic (exact) mass is 502 g/mol. The summed E-state index contributed by atoms with van der Waals surface area (Å²) in [5, 5.41) is 0.450. The van der Waals surface area contributed by atoms with E-state index in [1.165, 1.54) is 28.6 Å². The van der Waals surface area contributed by atoms with Crippen LogP contribution >= 0.6 is 11.6 Å². The van der Waals surface area contributed by atoms with E-state index in [2.05, 4.69) is 0 Å². The van der Waals surface area contributed by atoms with Crippen molar-refractivity contribution in [2.75, 3.05) is 13.1 Å². The number of benzene rings is 2. The number of aryl methyl sites for hydroxylation is 1. The first-order valence-corrected chi connectivity index (χ1v) is 13.2. The third kappa shape index (κ3) is 6.72. The summed E-state index contributed by atoms with van der Waals surface area (Å²) in [6.45, 7) is 6.02. The normalized spacial score (nSPS) is 12.6. The first-order chi connectivity index (χ1) is 16.2. The van der Waals surface area contributed by atoms with E-state index < -0.39 is 10.0 Å². The number of nitrogens with zero attached hydrogens (tertiary/aromatic N) is 2. The topological polar surface area (TPSA) is 70.8 Å². The number of hydrogen-bond donors (Lipinski definition) is 0. The van der Waals surface area contributed by atoms with Gasteiger partial charge in [-0.3, -0.25) is 4.79 Å². The van der Waals surface area contributed by atoms with Crippen LogP contribution in [0.25, 0.3) is 0 Å². The zero-order chi connectivity index (χ0) is 24.7. The predicted molar refractivity (Wildman–Crippen MR) is 134 cm³/mol. The molecule has 0 saturated carbocycles. The van der Waals surface area contributed by atoms with E-state index in [0.29, 0.717) is 30.2 Å². The fourth-order valence-corrected chi connectivity index (χ4v) is 5.40. The second-order valence-corrected chi connectivity index (χ2v) is 10.7. The molecule has 0 saturated heterocycles. The summed E-state index contributed by atoms with van der Waals surface area (Å²) in [6.07, 6.45) is 1.22. The predicted octanol–water partition coefficient (Wildman–Crippen LogP) is 5.30. The number of furan rings is 1. The van der Waals surface area contributed by atoms with Crippen LogP contribution in [0.15, 0.2) is 76.0 Å². The second-order valence-electron chi connectivity index (χ2n) is 8.32. The summed E-state index contributed by atoms with van der Waals surface area (Å²) in [5.74, 6) is 1.15. The van der Waals surface area contributed by atoms with Gasteiger partial charge in [0.2, 0.25) is 15.9 Å². The Morgan fingerprint density at radius 1 is 1.03 bits per heavy atom. The SMILES string of the molecule is CCC(C)N(CC(=O)N(CCc1ccccc1)Cc1ccc(C)o1)S(=O)(=O)c1ccc(Cl)cc1. The van der Waals surface area contributed by atoms with Gasteiger partial charge in [0.15, 0.2) is 0 Å². The molecule has 1 heterocycles. The third-order valence-electron chi connectivity index (χ3n) is 5.80. The lowest BCUT2D eigenvalue weighted by molar-refractivity contribution is -0.132. The molecule has 0 aliphatic rings. The molecule has 182 valence electrons. The van der Waals surface area contributed by atoms with Gasteiger partial charge in [-0.2, -0.15) is 4.31 Å². The molecule has 2 aromatic carbocycles. The van der Waals surface area contributed by atoms with Crippen molar-refractivity contribution < 1.29 is 17.6 Å². The van der Waals surface area contributed by atoms with Crippen molar-refractivity contribution >= 4 is 27.5 Å². The minimum absolute atomic E-state index is 0.113. The van der Waals surface area contributed by atoms with Crippen LogP contribution < -0.4 is 0 Å². The number of carbonyl (C=O) groups excluding carboxylic acids is 1. The molecule has 34 heavy (non-hydrogen) atoms. The lowest BCUT2D eigenvalue weighted by Gasteiger charge is -2.30. The molecule has 6 nitrogen and oxygen atoms in total. The second kappa shape index (κ2) is 11.7. The summed E-state index contributed by atoms with van der Waals surface area (Å²) in [6, 6.07) is 19.2. The van der Waals surface area contributed by atoms with Crippen molar-refractivity contribution in [3.05, 3.63) is 88.8 Å². The Morgan fingerprint density at radius 2 is 1.71 bits per heavy atom. The van der Waals surface area contributed by atoms with Crippen LogP contribution in [0.2, 0.25) is 5.02 Å². The van der Waals surface area contributed by atoms with Crippen LogP contribution in [-0.2, 0) is 27.8 Å². The minimum atomic E-state index is -3.89. The first-order valence-electron chi connectivity index (χ1n) is 11.3. The summed E-state index contributed by atoms with van der Waals surface area (Å²) < 4.78 is 33.9. The molecule has 1 unspecified atom stereocenters. The Labute approximate surface area is 207 Å². The molecule has 0 aliphatic carbocycles. The van der Waals surface area contributed by atoms with Gasteiger partial charge in [0.05, 0.1) is 18.0 Å². The van der Waals surface area contributed by atoms with Crippen LogP contribution in [0.3, 0.4) is 0 Å². The number of hydrogen-bond acceptors (Lipinski definition) is 4. The maximum atomic E-state index is 13.5. The molecule has 3 rings (SSSR count). The molecule has 0 N–H and O–H groups in total. The van der Waals surface area contributed by atoms with Crippen LogP contribution in [0.1, 0.15) is 37.4 Å². The van der Waals surface area contributed by atoms with E-state index in [0.717, 1.165) is 11.3 Å². The summed E-state index contributed by atoms with van der Waals surface area (Å²) in [7, 11) is -3.89. The Balaban J connectivity index is 1.84. The zero-order valence-electron chi connectivity index (χ0n) is 19.8. The highest BCUT2D eigenvalue weighted by molar-refractivity contribution is 7.89. The lowest BCUT2D eigenvalue weighted by Crippen LogP contribution is -2.46. The molecule has 1 atom stereocenters. The van der Waals surface area contributed by atoms with Gasteiger partial charge in [-0.05, 0) is 68.7 Å². The molecule has 0 aliphatic heterocycles. The molecule has 0 bridgehead atoms. The fraction of sp³-hybridized carbons (Fsp3) is 0.346. The molecule has 8 heteroatoms. The largest absolute Gasteiger partial charge is 0.464 e. The number of rotatable bonds is 11. The van der Waals surface area contributed by atoms with Gasteiger partial charge >= 0.3 is 0 Å². The van der Waals surface area contributed by atoms with Gasteiger partial charge in [0.1, 0.15) is 11.5 Å². The van der Waals surface area contributed by atoms with Crippen molar-refractivity contribution in [2.45, 2.75) is 51.1 Å². The summed E-state index contributed by atoms with van der Waals surface area (Å²) in [5.41, 5.74) is 1.10. The molecule has 3 aromatic rings. The van der Waals surface area contributed by atoms with Gasteiger partial charge in [-0.1, -0.05) is 48.9 Å². The highest BCUT2D eigenvalue weighted by atomic mass is 35.5. The van der Waals surface area contributed by atoms with Crippen molar-refractivity contribution in [3.63, 3.8) is 0 Å². The quantitative estimate of drug-likeness (QED) is 0.356. The number of halogens is 1. The highest BCUT2D eigenvalue weighted by Gasteiger charge is 2.32. The fourth-order valence-electron chi connectivity index (χ4n) is 3.62. The van der Waals surface area contributed by atoms with Crippen molar-refractivity contribution in [2.24, 2.45) is 0 Å². The van der Waals surface area contributed by atoms with Gasteiger partial charge in [-0.25, -0.2) is 8.42 Å². The van der Waals surface area contributed by atoms with Crippen molar-refractivity contribution in [1.29, 1.82) is 0 Å². The Hall–Kier alpha value is -2.61. The number of sulfonamides is 1. The lowest BCUT2D eigenvalue weighted by atomic mass is 10.1. The minimum Gasteiger partial charge on any atom is -0.464 e. The van der Waals surface area contributed by atoms with Gasteiger partial charge in [0.25, 0.3) is 0 Å². The van der Waals surface area contributed by atoms with Crippen LogP contribution in [0.4, 0.5) is 0 Å². The number of carbonyl (C=O) groups is 1. The number of amides is 1. The van der Waals surface area contributed by atoms with E-state index in [9.17, 15) is 13.2 Å². The van der Waals surface area contributed by atoms with Crippen LogP contribution in [-0.4, -0.2) is 42.7 Å². The van der Waals surface area contributed by atoms with Crippen molar-refractivity contribution in [3.8, 4) is 0 Å². The van der Waals surface area contributed by atoms with Crippen LogP contribution in [0, 0.1) is 6.92 Å². The Bertz CT molecular complexity index is 1180.